The Bertz CT molecular complexity index is 548. The van der Waals surface area contributed by atoms with Crippen LogP contribution < -0.4 is 0 Å². The van der Waals surface area contributed by atoms with Crippen LogP contribution in [0, 0.1) is 0 Å². The fourth-order valence-electron chi connectivity index (χ4n) is 1.28. The fraction of sp³-hybridized carbons (Fsp3) is 0.0909. The Morgan fingerprint density at radius 3 is 2.21 bits per heavy atom. The van der Waals surface area contributed by atoms with Gasteiger partial charge in [-0.2, -0.15) is 0 Å². The predicted molar refractivity (Wildman–Crippen MR) is 72.4 cm³/mol. The van der Waals surface area contributed by atoms with Gasteiger partial charge in [0.1, 0.15) is 0 Å². The van der Waals surface area contributed by atoms with E-state index in [1.807, 2.05) is 0 Å². The van der Waals surface area contributed by atoms with Gasteiger partial charge in [0, 0.05) is 0 Å². The van der Waals surface area contributed by atoms with Crippen LogP contribution in [0.2, 0.25) is 0 Å². The van der Waals surface area contributed by atoms with E-state index >= 15 is 0 Å². The topological polar surface area (TPSA) is 104 Å². The lowest BCUT2D eigenvalue weighted by Crippen LogP contribution is -2.06. The van der Waals surface area contributed by atoms with Crippen LogP contribution in [0.25, 0.3) is 6.08 Å². The van der Waals surface area contributed by atoms with Crippen molar-refractivity contribution < 1.29 is 28.3 Å². The van der Waals surface area contributed by atoms with Crippen LogP contribution in [0.15, 0.2) is 49.2 Å². The SMILES string of the molecule is C=CC(P(=O)(O)O)P(=O)(O)OC=Cc1ccccc1. The molecule has 0 aliphatic heterocycles. The molecule has 104 valence electrons. The van der Waals surface area contributed by atoms with Gasteiger partial charge in [-0.1, -0.05) is 36.4 Å². The third kappa shape index (κ3) is 4.78. The molecule has 0 spiro atoms. The molecule has 0 aliphatic rings. The molecule has 1 rings (SSSR count). The Morgan fingerprint density at radius 1 is 1.16 bits per heavy atom. The minimum atomic E-state index is -4.80. The summed E-state index contributed by atoms with van der Waals surface area (Å²) >= 11 is 0. The molecular formula is C11H14O6P2. The van der Waals surface area contributed by atoms with Crippen molar-refractivity contribution in [1.29, 1.82) is 0 Å². The summed E-state index contributed by atoms with van der Waals surface area (Å²) in [4.78, 5) is 27.4. The van der Waals surface area contributed by atoms with Gasteiger partial charge in [-0.25, -0.2) is 4.57 Å². The number of allylic oxidation sites excluding steroid dienone is 1. The highest BCUT2D eigenvalue weighted by Gasteiger charge is 2.43. The first-order chi connectivity index (χ1) is 8.77. The molecule has 0 bridgehead atoms. The smallest absolute Gasteiger partial charge is 0.395 e. The Hall–Kier alpha value is -1.16. The summed E-state index contributed by atoms with van der Waals surface area (Å²) in [6.45, 7) is 3.13. The molecule has 2 atom stereocenters. The molecule has 3 N–H and O–H groups in total. The summed E-state index contributed by atoms with van der Waals surface area (Å²) < 4.78 is 27.3. The van der Waals surface area contributed by atoms with Crippen molar-refractivity contribution >= 4 is 21.3 Å². The van der Waals surface area contributed by atoms with Gasteiger partial charge in [0.05, 0.1) is 6.26 Å². The lowest BCUT2D eigenvalue weighted by molar-refractivity contribution is 0.333. The average molecular weight is 304 g/mol. The van der Waals surface area contributed by atoms with Crippen LogP contribution in [0.5, 0.6) is 0 Å². The number of hydrogen-bond acceptors (Lipinski definition) is 3. The first-order valence-electron chi connectivity index (χ1n) is 5.17. The fourth-order valence-corrected chi connectivity index (χ4v) is 3.87. The maximum atomic E-state index is 11.7. The van der Waals surface area contributed by atoms with Gasteiger partial charge in [-0.15, -0.1) is 6.58 Å². The maximum absolute atomic E-state index is 11.7. The molecule has 2 unspecified atom stereocenters. The van der Waals surface area contributed by atoms with E-state index in [0.717, 1.165) is 12.3 Å². The lowest BCUT2D eigenvalue weighted by Gasteiger charge is -2.19. The van der Waals surface area contributed by atoms with Gasteiger partial charge < -0.3 is 19.2 Å². The standard InChI is InChI=1S/C11H14O6P2/c1-2-11(18(12,13)14)19(15,16)17-9-8-10-6-4-3-5-7-10/h2-9,11H,1H2,(H,15,16)(H2,12,13,14). The normalized spacial score (nSPS) is 16.8. The van der Waals surface area contributed by atoms with E-state index < -0.39 is 20.6 Å². The van der Waals surface area contributed by atoms with Gasteiger partial charge in [0.15, 0.2) is 5.40 Å². The van der Waals surface area contributed by atoms with Crippen LogP contribution in [0.1, 0.15) is 5.56 Å². The zero-order chi connectivity index (χ0) is 14.5. The summed E-state index contributed by atoms with van der Waals surface area (Å²) in [6.07, 6.45) is 3.06. The molecule has 6 nitrogen and oxygen atoms in total. The van der Waals surface area contributed by atoms with Crippen molar-refractivity contribution in [2.45, 2.75) is 5.40 Å². The highest BCUT2D eigenvalue weighted by molar-refractivity contribution is 7.71. The highest BCUT2D eigenvalue weighted by Crippen LogP contribution is 2.63. The minimum Gasteiger partial charge on any atom is -0.432 e. The Labute approximate surface area is 110 Å². The van der Waals surface area contributed by atoms with Gasteiger partial charge in [0.2, 0.25) is 0 Å². The third-order valence-electron chi connectivity index (χ3n) is 2.16. The predicted octanol–water partition coefficient (Wildman–Crippen LogP) is 2.55. The van der Waals surface area contributed by atoms with E-state index in [0.29, 0.717) is 5.56 Å². The van der Waals surface area contributed by atoms with Gasteiger partial charge >= 0.3 is 15.2 Å². The van der Waals surface area contributed by atoms with Crippen LogP contribution in [0.4, 0.5) is 0 Å². The summed E-state index contributed by atoms with van der Waals surface area (Å²) in [6, 6.07) is 8.80. The van der Waals surface area contributed by atoms with Crippen molar-refractivity contribution in [3.63, 3.8) is 0 Å². The molecule has 19 heavy (non-hydrogen) atoms. The first-order valence-corrected chi connectivity index (χ1v) is 8.50. The van der Waals surface area contributed by atoms with Crippen molar-refractivity contribution in [2.24, 2.45) is 0 Å². The first kappa shape index (κ1) is 15.9. The van der Waals surface area contributed by atoms with Crippen molar-refractivity contribution in [3.8, 4) is 0 Å². The Balaban J connectivity index is 2.80. The Kier molecular flexibility index (Phi) is 5.29. The van der Waals surface area contributed by atoms with Crippen LogP contribution in [0.3, 0.4) is 0 Å². The van der Waals surface area contributed by atoms with E-state index in [9.17, 15) is 14.0 Å². The molecule has 0 saturated heterocycles. The van der Waals surface area contributed by atoms with Gasteiger partial charge in [-0.05, 0) is 11.6 Å². The molecule has 8 heteroatoms. The number of benzene rings is 1. The minimum absolute atomic E-state index is 0.717. The molecule has 0 fully saturated rings. The number of hydrogen-bond donors (Lipinski definition) is 3. The second kappa shape index (κ2) is 6.33. The average Bonchev–Trinajstić information content (AvgIpc) is 2.28. The van der Waals surface area contributed by atoms with Crippen LogP contribution in [-0.4, -0.2) is 20.1 Å². The molecule has 0 heterocycles. The van der Waals surface area contributed by atoms with Crippen molar-refractivity contribution in [3.05, 3.63) is 54.8 Å². The largest absolute Gasteiger partial charge is 0.432 e. The third-order valence-corrected chi connectivity index (χ3v) is 6.14. The van der Waals surface area contributed by atoms with Crippen molar-refractivity contribution in [2.75, 3.05) is 0 Å². The summed E-state index contributed by atoms with van der Waals surface area (Å²) in [5.41, 5.74) is 0.717. The molecule has 0 saturated carbocycles. The highest BCUT2D eigenvalue weighted by atomic mass is 31.2. The summed E-state index contributed by atoms with van der Waals surface area (Å²) in [5.74, 6) is 0. The molecular weight excluding hydrogens is 290 g/mol. The van der Waals surface area contributed by atoms with Gasteiger partial charge in [0.25, 0.3) is 0 Å². The van der Waals surface area contributed by atoms with Crippen molar-refractivity contribution in [1.82, 2.24) is 0 Å². The monoisotopic (exact) mass is 304 g/mol. The molecule has 0 aromatic heterocycles. The van der Waals surface area contributed by atoms with E-state index in [4.69, 9.17) is 9.79 Å². The number of rotatable bonds is 6. The Morgan fingerprint density at radius 2 is 1.74 bits per heavy atom. The molecule has 0 radical (unpaired) electrons. The van der Waals surface area contributed by atoms with E-state index in [2.05, 4.69) is 11.1 Å². The van der Waals surface area contributed by atoms with E-state index in [-0.39, 0.29) is 0 Å². The van der Waals surface area contributed by atoms with E-state index in [1.54, 1.807) is 30.3 Å². The lowest BCUT2D eigenvalue weighted by atomic mass is 10.2. The van der Waals surface area contributed by atoms with E-state index in [1.165, 1.54) is 6.08 Å². The van der Waals surface area contributed by atoms with Crippen LogP contribution >= 0.6 is 15.2 Å². The van der Waals surface area contributed by atoms with Gasteiger partial charge in [-0.3, -0.25) is 4.57 Å². The molecule has 1 aromatic rings. The summed E-state index contributed by atoms with van der Waals surface area (Å²) in [7, 11) is -9.33. The molecule has 0 amide bonds. The second-order valence-corrected chi connectivity index (χ2v) is 7.66. The quantitative estimate of drug-likeness (QED) is 0.424. The zero-order valence-corrected chi connectivity index (χ0v) is 11.7. The molecule has 0 aliphatic carbocycles. The molecule has 1 aromatic carbocycles. The van der Waals surface area contributed by atoms with Crippen LogP contribution in [-0.2, 0) is 13.7 Å². The maximum Gasteiger partial charge on any atom is 0.395 e. The second-order valence-electron chi connectivity index (χ2n) is 3.62. The summed E-state index contributed by atoms with van der Waals surface area (Å²) in [5, 5.41) is -1.94. The zero-order valence-electron chi connectivity index (χ0n) is 9.86.